The lowest BCUT2D eigenvalue weighted by atomic mass is 10.0. The number of benzene rings is 1. The van der Waals surface area contributed by atoms with Crippen molar-refractivity contribution in [1.82, 2.24) is 9.80 Å². The predicted molar refractivity (Wildman–Crippen MR) is 94.2 cm³/mol. The van der Waals surface area contributed by atoms with Crippen LogP contribution in [0.3, 0.4) is 0 Å². The van der Waals surface area contributed by atoms with Crippen LogP contribution >= 0.6 is 0 Å². The Balaban J connectivity index is 1.95. The van der Waals surface area contributed by atoms with Crippen LogP contribution in [0.1, 0.15) is 32.4 Å². The number of methoxy groups -OCH3 is 1. The molecule has 0 radical (unpaired) electrons. The number of amides is 1. The van der Waals surface area contributed by atoms with E-state index in [9.17, 15) is 4.79 Å². The topological polar surface area (TPSA) is 68.0 Å². The lowest BCUT2D eigenvalue weighted by Crippen LogP contribution is -2.51. The molecular formula is C18H29N3O3. The van der Waals surface area contributed by atoms with E-state index in [-0.39, 0.29) is 12.1 Å². The maximum Gasteiger partial charge on any atom is 0.410 e. The van der Waals surface area contributed by atoms with Crippen LogP contribution in [-0.2, 0) is 4.74 Å². The lowest BCUT2D eigenvalue weighted by Gasteiger charge is -2.39. The number of hydrogen-bond acceptors (Lipinski definition) is 5. The molecule has 1 aliphatic rings. The molecule has 1 atom stereocenters. The molecule has 1 amide bonds. The smallest absolute Gasteiger partial charge is 0.410 e. The summed E-state index contributed by atoms with van der Waals surface area (Å²) in [6.07, 6.45) is -0.240. The fourth-order valence-electron chi connectivity index (χ4n) is 2.86. The van der Waals surface area contributed by atoms with E-state index >= 15 is 0 Å². The van der Waals surface area contributed by atoms with Crippen LogP contribution < -0.4 is 10.5 Å². The van der Waals surface area contributed by atoms with Gasteiger partial charge in [-0.1, -0.05) is 12.1 Å². The van der Waals surface area contributed by atoms with E-state index < -0.39 is 5.60 Å². The maximum atomic E-state index is 12.1. The zero-order chi connectivity index (χ0) is 17.7. The highest BCUT2D eigenvalue weighted by atomic mass is 16.6. The molecule has 0 aliphatic carbocycles. The van der Waals surface area contributed by atoms with Gasteiger partial charge in [0, 0.05) is 38.8 Å². The molecule has 1 aromatic rings. The number of piperazine rings is 1. The quantitative estimate of drug-likeness (QED) is 0.914. The summed E-state index contributed by atoms with van der Waals surface area (Å²) in [5, 5.41) is 0. The van der Waals surface area contributed by atoms with Crippen molar-refractivity contribution in [1.29, 1.82) is 0 Å². The Morgan fingerprint density at radius 1 is 1.17 bits per heavy atom. The molecule has 0 spiro atoms. The Labute approximate surface area is 144 Å². The maximum absolute atomic E-state index is 12.1. The summed E-state index contributed by atoms with van der Waals surface area (Å²) in [6, 6.07) is 8.16. The molecule has 6 nitrogen and oxygen atoms in total. The van der Waals surface area contributed by atoms with Gasteiger partial charge in [-0.05, 0) is 38.5 Å². The van der Waals surface area contributed by atoms with Gasteiger partial charge in [-0.15, -0.1) is 0 Å². The fraction of sp³-hybridized carbons (Fsp3) is 0.611. The van der Waals surface area contributed by atoms with Gasteiger partial charge < -0.3 is 20.1 Å². The fourth-order valence-corrected chi connectivity index (χ4v) is 2.86. The summed E-state index contributed by atoms with van der Waals surface area (Å²) >= 11 is 0. The Kier molecular flexibility index (Phi) is 6.07. The summed E-state index contributed by atoms with van der Waals surface area (Å²) < 4.78 is 10.6. The van der Waals surface area contributed by atoms with Crippen molar-refractivity contribution in [2.24, 2.45) is 5.73 Å². The summed E-state index contributed by atoms with van der Waals surface area (Å²) in [4.78, 5) is 16.2. The van der Waals surface area contributed by atoms with E-state index in [1.807, 2.05) is 32.9 Å². The molecule has 0 bridgehead atoms. The minimum Gasteiger partial charge on any atom is -0.497 e. The average Bonchev–Trinajstić information content (AvgIpc) is 2.55. The summed E-state index contributed by atoms with van der Waals surface area (Å²) in [7, 11) is 1.66. The second-order valence-electron chi connectivity index (χ2n) is 7.03. The molecule has 1 aliphatic heterocycles. The van der Waals surface area contributed by atoms with Gasteiger partial charge in [-0.3, -0.25) is 4.90 Å². The van der Waals surface area contributed by atoms with Gasteiger partial charge in [0.25, 0.3) is 0 Å². The van der Waals surface area contributed by atoms with Crippen molar-refractivity contribution in [3.05, 3.63) is 29.8 Å². The minimum atomic E-state index is -0.461. The van der Waals surface area contributed by atoms with Gasteiger partial charge in [0.1, 0.15) is 11.4 Å². The molecule has 6 heteroatoms. The predicted octanol–water partition coefficient (Wildman–Crippen LogP) is 2.25. The van der Waals surface area contributed by atoms with Crippen LogP contribution in [0.2, 0.25) is 0 Å². The van der Waals surface area contributed by atoms with Gasteiger partial charge in [0.15, 0.2) is 0 Å². The Hall–Kier alpha value is -1.79. The highest BCUT2D eigenvalue weighted by Crippen LogP contribution is 2.24. The van der Waals surface area contributed by atoms with Crippen LogP contribution in [0.15, 0.2) is 24.3 Å². The molecule has 2 N–H and O–H groups in total. The molecule has 0 saturated carbocycles. The number of hydrogen-bond donors (Lipinski definition) is 1. The Morgan fingerprint density at radius 3 is 2.21 bits per heavy atom. The summed E-state index contributed by atoms with van der Waals surface area (Å²) in [5.74, 6) is 0.837. The van der Waals surface area contributed by atoms with E-state index in [2.05, 4.69) is 17.0 Å². The zero-order valence-electron chi connectivity index (χ0n) is 15.1. The number of rotatable bonds is 4. The highest BCUT2D eigenvalue weighted by Gasteiger charge is 2.28. The van der Waals surface area contributed by atoms with Crippen LogP contribution in [0, 0.1) is 0 Å². The SMILES string of the molecule is COc1ccc(C(CN)N2CCN(C(=O)OC(C)(C)C)CC2)cc1. The van der Waals surface area contributed by atoms with Gasteiger partial charge in [-0.2, -0.15) is 0 Å². The first-order valence-corrected chi connectivity index (χ1v) is 8.40. The molecule has 1 heterocycles. The molecule has 1 aromatic carbocycles. The third-order valence-corrected chi connectivity index (χ3v) is 4.13. The van der Waals surface area contributed by atoms with Crippen LogP contribution in [0.25, 0.3) is 0 Å². The first-order chi connectivity index (χ1) is 11.3. The van der Waals surface area contributed by atoms with Gasteiger partial charge in [-0.25, -0.2) is 4.79 Å². The highest BCUT2D eigenvalue weighted by molar-refractivity contribution is 5.68. The third kappa shape index (κ3) is 4.85. The van der Waals surface area contributed by atoms with Crippen molar-refractivity contribution in [2.75, 3.05) is 39.8 Å². The summed E-state index contributed by atoms with van der Waals surface area (Å²) in [5.41, 5.74) is 6.71. The van der Waals surface area contributed by atoms with Crippen molar-refractivity contribution in [2.45, 2.75) is 32.4 Å². The van der Waals surface area contributed by atoms with E-state index in [1.54, 1.807) is 12.0 Å². The first-order valence-electron chi connectivity index (χ1n) is 8.40. The second-order valence-corrected chi connectivity index (χ2v) is 7.03. The normalized spacial score (nSPS) is 17.5. The van der Waals surface area contributed by atoms with Crippen LogP contribution in [0.4, 0.5) is 4.79 Å². The Bertz CT molecular complexity index is 531. The molecule has 134 valence electrons. The van der Waals surface area contributed by atoms with E-state index in [0.717, 1.165) is 18.8 Å². The number of nitrogens with zero attached hydrogens (tertiary/aromatic N) is 2. The standard InChI is InChI=1S/C18H29N3O3/c1-18(2,3)24-17(22)21-11-9-20(10-12-21)16(13-19)14-5-7-15(23-4)8-6-14/h5-8,16H,9-13,19H2,1-4H3. The third-order valence-electron chi connectivity index (χ3n) is 4.13. The monoisotopic (exact) mass is 335 g/mol. The Morgan fingerprint density at radius 2 is 1.75 bits per heavy atom. The molecule has 1 saturated heterocycles. The van der Waals surface area contributed by atoms with Gasteiger partial charge in [0.2, 0.25) is 0 Å². The summed E-state index contributed by atoms with van der Waals surface area (Å²) in [6.45, 7) is 9.07. The van der Waals surface area contributed by atoms with Crippen molar-refractivity contribution in [3.8, 4) is 5.75 Å². The number of carbonyl (C=O) groups is 1. The van der Waals surface area contributed by atoms with Gasteiger partial charge >= 0.3 is 6.09 Å². The van der Waals surface area contributed by atoms with Crippen LogP contribution in [-0.4, -0.2) is 61.3 Å². The largest absolute Gasteiger partial charge is 0.497 e. The molecule has 2 rings (SSSR count). The van der Waals surface area contributed by atoms with Crippen molar-refractivity contribution in [3.63, 3.8) is 0 Å². The first kappa shape index (κ1) is 18.5. The molecule has 1 fully saturated rings. The van der Waals surface area contributed by atoms with E-state index in [1.165, 1.54) is 5.56 Å². The minimum absolute atomic E-state index is 0.150. The number of nitrogens with two attached hydrogens (primary N) is 1. The average molecular weight is 335 g/mol. The number of carbonyl (C=O) groups excluding carboxylic acids is 1. The lowest BCUT2D eigenvalue weighted by molar-refractivity contribution is 0.0106. The molecular weight excluding hydrogens is 306 g/mol. The van der Waals surface area contributed by atoms with Crippen molar-refractivity contribution < 1.29 is 14.3 Å². The van der Waals surface area contributed by atoms with E-state index in [4.69, 9.17) is 15.2 Å². The second kappa shape index (κ2) is 7.85. The van der Waals surface area contributed by atoms with E-state index in [0.29, 0.717) is 19.6 Å². The molecule has 24 heavy (non-hydrogen) atoms. The zero-order valence-corrected chi connectivity index (χ0v) is 15.1. The number of ether oxygens (including phenoxy) is 2. The van der Waals surface area contributed by atoms with Crippen LogP contribution in [0.5, 0.6) is 5.75 Å². The van der Waals surface area contributed by atoms with Crippen molar-refractivity contribution >= 4 is 6.09 Å². The molecule has 0 aromatic heterocycles. The van der Waals surface area contributed by atoms with Gasteiger partial charge in [0.05, 0.1) is 7.11 Å². The molecule has 1 unspecified atom stereocenters.